The highest BCUT2D eigenvalue weighted by Gasteiger charge is 2.14. The van der Waals surface area contributed by atoms with Crippen LogP contribution in [0.3, 0.4) is 0 Å². The van der Waals surface area contributed by atoms with Gasteiger partial charge < -0.3 is 20.1 Å². The summed E-state index contributed by atoms with van der Waals surface area (Å²) in [6.07, 6.45) is 1.55. The molecule has 7 nitrogen and oxygen atoms in total. The Morgan fingerprint density at radius 3 is 2.61 bits per heavy atom. The molecule has 0 saturated carbocycles. The topological polar surface area (TPSA) is 89.6 Å². The molecule has 0 atom stereocenters. The smallest absolute Gasteiger partial charge is 0.274 e. The molecule has 0 spiro atoms. The first-order valence-corrected chi connectivity index (χ1v) is 8.63. The van der Waals surface area contributed by atoms with Gasteiger partial charge in [0.25, 0.3) is 5.91 Å². The molecule has 0 fully saturated rings. The van der Waals surface area contributed by atoms with E-state index in [-0.39, 0.29) is 24.2 Å². The zero-order valence-corrected chi connectivity index (χ0v) is 15.1. The Labute approximate surface area is 161 Å². The van der Waals surface area contributed by atoms with Gasteiger partial charge in [0.1, 0.15) is 5.69 Å². The first-order chi connectivity index (χ1) is 13.6. The molecule has 0 unspecified atom stereocenters. The van der Waals surface area contributed by atoms with Crippen LogP contribution in [0.2, 0.25) is 0 Å². The van der Waals surface area contributed by atoms with Crippen LogP contribution in [0.4, 0.5) is 17.1 Å². The lowest BCUT2D eigenvalue weighted by Gasteiger charge is -2.09. The maximum absolute atomic E-state index is 12.5. The fourth-order valence-corrected chi connectivity index (χ4v) is 2.78. The number of benzene rings is 2. The summed E-state index contributed by atoms with van der Waals surface area (Å²) in [6.45, 7) is 1.69. The third-order valence-corrected chi connectivity index (χ3v) is 4.18. The van der Waals surface area contributed by atoms with Crippen LogP contribution in [-0.4, -0.2) is 23.5 Å². The van der Waals surface area contributed by atoms with Crippen molar-refractivity contribution in [2.75, 3.05) is 17.4 Å². The molecule has 1 aromatic heterocycles. The fourth-order valence-electron chi connectivity index (χ4n) is 2.78. The predicted molar refractivity (Wildman–Crippen MR) is 104 cm³/mol. The van der Waals surface area contributed by atoms with Crippen LogP contribution in [0.15, 0.2) is 60.8 Å². The van der Waals surface area contributed by atoms with Crippen molar-refractivity contribution in [1.82, 2.24) is 4.98 Å². The van der Waals surface area contributed by atoms with Gasteiger partial charge >= 0.3 is 0 Å². The Kier molecular flexibility index (Phi) is 4.63. The number of ketones is 1. The second kappa shape index (κ2) is 7.40. The van der Waals surface area contributed by atoms with E-state index in [4.69, 9.17) is 9.47 Å². The van der Waals surface area contributed by atoms with Crippen LogP contribution in [0.25, 0.3) is 0 Å². The molecule has 28 heavy (non-hydrogen) atoms. The molecule has 0 saturated heterocycles. The van der Waals surface area contributed by atoms with Gasteiger partial charge in [-0.05, 0) is 43.3 Å². The minimum atomic E-state index is -0.366. The minimum absolute atomic E-state index is 0.0656. The molecule has 4 rings (SSSR count). The summed E-state index contributed by atoms with van der Waals surface area (Å²) in [5.41, 5.74) is 2.82. The van der Waals surface area contributed by atoms with E-state index in [2.05, 4.69) is 15.6 Å². The Morgan fingerprint density at radius 1 is 0.929 bits per heavy atom. The Morgan fingerprint density at radius 2 is 1.75 bits per heavy atom. The van der Waals surface area contributed by atoms with E-state index < -0.39 is 0 Å². The minimum Gasteiger partial charge on any atom is -0.454 e. The van der Waals surface area contributed by atoms with Crippen LogP contribution in [-0.2, 0) is 0 Å². The summed E-state index contributed by atoms with van der Waals surface area (Å²) in [4.78, 5) is 28.2. The zero-order valence-electron chi connectivity index (χ0n) is 15.1. The van der Waals surface area contributed by atoms with Crippen molar-refractivity contribution in [3.63, 3.8) is 0 Å². The van der Waals surface area contributed by atoms with Gasteiger partial charge in [0.15, 0.2) is 17.3 Å². The second-order valence-electron chi connectivity index (χ2n) is 6.21. The average molecular weight is 375 g/mol. The molecule has 7 heteroatoms. The highest BCUT2D eigenvalue weighted by molar-refractivity contribution is 6.04. The average Bonchev–Trinajstić information content (AvgIpc) is 3.16. The first kappa shape index (κ1) is 17.5. The van der Waals surface area contributed by atoms with E-state index in [0.717, 1.165) is 5.69 Å². The lowest BCUT2D eigenvalue weighted by atomic mass is 10.1. The summed E-state index contributed by atoms with van der Waals surface area (Å²) >= 11 is 0. The number of fused-ring (bicyclic) bond motifs is 1. The van der Waals surface area contributed by atoms with E-state index >= 15 is 0 Å². The molecule has 140 valence electrons. The Hall–Kier alpha value is -3.87. The maximum atomic E-state index is 12.5. The van der Waals surface area contributed by atoms with Gasteiger partial charge in [-0.1, -0.05) is 12.1 Å². The molecule has 1 amide bonds. The lowest BCUT2D eigenvalue weighted by molar-refractivity contribution is 0.100. The number of anilines is 3. The number of pyridine rings is 1. The van der Waals surface area contributed by atoms with Crippen molar-refractivity contribution in [1.29, 1.82) is 0 Å². The lowest BCUT2D eigenvalue weighted by Crippen LogP contribution is -2.14. The number of hydrogen-bond donors (Lipinski definition) is 2. The van der Waals surface area contributed by atoms with Crippen LogP contribution in [0.1, 0.15) is 27.8 Å². The number of ether oxygens (including phenoxy) is 2. The van der Waals surface area contributed by atoms with Gasteiger partial charge in [0.2, 0.25) is 6.79 Å². The normalized spacial score (nSPS) is 11.8. The van der Waals surface area contributed by atoms with E-state index in [1.807, 2.05) is 18.2 Å². The van der Waals surface area contributed by atoms with Crippen molar-refractivity contribution in [3.05, 3.63) is 72.1 Å². The van der Waals surface area contributed by atoms with Crippen LogP contribution in [0, 0.1) is 0 Å². The molecule has 0 aliphatic carbocycles. The Bertz CT molecular complexity index is 1070. The maximum Gasteiger partial charge on any atom is 0.274 e. The molecule has 3 aromatic rings. The summed E-state index contributed by atoms with van der Waals surface area (Å²) in [6, 6.07) is 15.7. The first-order valence-electron chi connectivity index (χ1n) is 8.63. The largest absolute Gasteiger partial charge is 0.454 e. The predicted octanol–water partition coefficient (Wildman–Crippen LogP) is 4.01. The standard InChI is InChI=1S/C21H17N3O4/c1-13(25)14-3-2-4-15(9-14)24-21(26)18-10-17(7-8-22-18)23-16-5-6-19-20(11-16)28-12-27-19/h2-11H,12H2,1H3,(H,22,23)(H,24,26). The van der Waals surface area contributed by atoms with Gasteiger partial charge in [0.05, 0.1) is 0 Å². The number of carbonyl (C=O) groups is 2. The summed E-state index contributed by atoms with van der Waals surface area (Å²) < 4.78 is 10.7. The van der Waals surface area contributed by atoms with E-state index in [1.54, 1.807) is 42.6 Å². The third-order valence-electron chi connectivity index (χ3n) is 4.18. The van der Waals surface area contributed by atoms with E-state index in [9.17, 15) is 9.59 Å². The van der Waals surface area contributed by atoms with Gasteiger partial charge in [-0.25, -0.2) is 0 Å². The third kappa shape index (κ3) is 3.78. The molecule has 0 bridgehead atoms. The molecule has 0 radical (unpaired) electrons. The van der Waals surface area contributed by atoms with Gasteiger partial charge in [-0.3, -0.25) is 14.6 Å². The second-order valence-corrected chi connectivity index (χ2v) is 6.21. The van der Waals surface area contributed by atoms with E-state index in [1.165, 1.54) is 6.92 Å². The van der Waals surface area contributed by atoms with Gasteiger partial charge in [-0.2, -0.15) is 0 Å². The molecule has 1 aliphatic heterocycles. The van der Waals surface area contributed by atoms with Crippen molar-refractivity contribution in [2.45, 2.75) is 6.92 Å². The highest BCUT2D eigenvalue weighted by atomic mass is 16.7. The number of hydrogen-bond acceptors (Lipinski definition) is 6. The molecule has 2 N–H and O–H groups in total. The number of rotatable bonds is 5. The quantitative estimate of drug-likeness (QED) is 0.655. The molecule has 2 aromatic carbocycles. The van der Waals surface area contributed by atoms with Crippen molar-refractivity contribution >= 4 is 28.8 Å². The van der Waals surface area contributed by atoms with Crippen molar-refractivity contribution in [2.24, 2.45) is 0 Å². The number of nitrogens with one attached hydrogen (secondary N) is 2. The number of aromatic nitrogens is 1. The fraction of sp³-hybridized carbons (Fsp3) is 0.0952. The van der Waals surface area contributed by atoms with Crippen molar-refractivity contribution < 1.29 is 19.1 Å². The molecule has 2 heterocycles. The van der Waals surface area contributed by atoms with Crippen LogP contribution < -0.4 is 20.1 Å². The number of amides is 1. The number of nitrogens with zero attached hydrogens (tertiary/aromatic N) is 1. The van der Waals surface area contributed by atoms with E-state index in [0.29, 0.717) is 28.4 Å². The molecular weight excluding hydrogens is 358 g/mol. The molecule has 1 aliphatic rings. The van der Waals surface area contributed by atoms with Crippen LogP contribution >= 0.6 is 0 Å². The summed E-state index contributed by atoms with van der Waals surface area (Å²) in [5.74, 6) is 0.940. The summed E-state index contributed by atoms with van der Waals surface area (Å²) in [7, 11) is 0. The SMILES string of the molecule is CC(=O)c1cccc(NC(=O)c2cc(Nc3ccc4c(c3)OCO4)ccn2)c1. The summed E-state index contributed by atoms with van der Waals surface area (Å²) in [5, 5.41) is 5.98. The van der Waals surface area contributed by atoms with Crippen molar-refractivity contribution in [3.8, 4) is 11.5 Å². The van der Waals surface area contributed by atoms with Gasteiger partial charge in [0, 0.05) is 34.9 Å². The number of Topliss-reactive ketones (excluding diaryl/α,β-unsaturated/α-hetero) is 1. The molecular formula is C21H17N3O4. The zero-order chi connectivity index (χ0) is 19.5. The highest BCUT2D eigenvalue weighted by Crippen LogP contribution is 2.35. The van der Waals surface area contributed by atoms with Gasteiger partial charge in [-0.15, -0.1) is 0 Å². The number of carbonyl (C=O) groups excluding carboxylic acids is 2. The van der Waals surface area contributed by atoms with Crippen LogP contribution in [0.5, 0.6) is 11.5 Å². The Balaban J connectivity index is 1.49. The monoisotopic (exact) mass is 375 g/mol.